The number of hydrogen-bond donors (Lipinski definition) is 1. The molecule has 0 saturated carbocycles. The largest absolute Gasteiger partial charge is 0.479 e. The molecule has 0 aliphatic carbocycles. The second-order valence-corrected chi connectivity index (χ2v) is 5.82. The van der Waals surface area contributed by atoms with Crippen molar-refractivity contribution in [1.82, 2.24) is 0 Å². The minimum absolute atomic E-state index is 0.370. The smallest absolute Gasteiger partial charge is 0.347 e. The van der Waals surface area contributed by atoms with Gasteiger partial charge in [0.15, 0.2) is 12.7 Å². The van der Waals surface area contributed by atoms with Gasteiger partial charge in [-0.3, -0.25) is 4.79 Å². The summed E-state index contributed by atoms with van der Waals surface area (Å²) in [6, 6.07) is 14.1. The number of aryl methyl sites for hydroxylation is 1. The van der Waals surface area contributed by atoms with E-state index in [-0.39, 0.29) is 6.61 Å². The van der Waals surface area contributed by atoms with Crippen LogP contribution in [0, 0.1) is 0 Å². The van der Waals surface area contributed by atoms with Crippen LogP contribution in [0.5, 0.6) is 5.75 Å². The quantitative estimate of drug-likeness (QED) is 0.761. The molecule has 0 aliphatic rings. The van der Waals surface area contributed by atoms with E-state index in [9.17, 15) is 9.59 Å². The van der Waals surface area contributed by atoms with E-state index in [0.717, 1.165) is 17.7 Å². The van der Waals surface area contributed by atoms with Crippen molar-refractivity contribution in [2.24, 2.45) is 0 Å². The van der Waals surface area contributed by atoms with Crippen LogP contribution >= 0.6 is 11.6 Å². The predicted molar refractivity (Wildman–Crippen MR) is 97.0 cm³/mol. The number of esters is 1. The van der Waals surface area contributed by atoms with Crippen molar-refractivity contribution in [1.29, 1.82) is 0 Å². The lowest BCUT2D eigenvalue weighted by Crippen LogP contribution is -2.29. The fourth-order valence-electron chi connectivity index (χ4n) is 2.16. The van der Waals surface area contributed by atoms with Crippen molar-refractivity contribution < 1.29 is 19.1 Å². The molecular formula is C19H20ClNO4. The van der Waals surface area contributed by atoms with Crippen molar-refractivity contribution >= 4 is 29.2 Å². The van der Waals surface area contributed by atoms with Crippen LogP contribution < -0.4 is 10.1 Å². The lowest BCUT2D eigenvalue weighted by molar-refractivity contribution is -0.153. The SMILES string of the molecule is CCc1ccccc1NC(=O)COC(=O)[C@H](C)Oc1ccc(Cl)cc1. The molecule has 0 fully saturated rings. The lowest BCUT2D eigenvalue weighted by atomic mass is 10.1. The third-order valence-electron chi connectivity index (χ3n) is 3.48. The zero-order valence-electron chi connectivity index (χ0n) is 14.1. The molecule has 0 bridgehead atoms. The van der Waals surface area contributed by atoms with Gasteiger partial charge >= 0.3 is 5.97 Å². The Labute approximate surface area is 151 Å². The molecule has 25 heavy (non-hydrogen) atoms. The Kier molecular flexibility index (Phi) is 6.83. The van der Waals surface area contributed by atoms with Crippen LogP contribution in [0.3, 0.4) is 0 Å². The molecule has 132 valence electrons. The first-order valence-corrected chi connectivity index (χ1v) is 8.34. The summed E-state index contributed by atoms with van der Waals surface area (Å²) in [6.07, 6.45) is -0.0423. The summed E-state index contributed by atoms with van der Waals surface area (Å²) in [6.45, 7) is 3.19. The number of carbonyl (C=O) groups excluding carboxylic acids is 2. The number of halogens is 1. The van der Waals surface area contributed by atoms with Crippen LogP contribution in [0.4, 0.5) is 5.69 Å². The average molecular weight is 362 g/mol. The van der Waals surface area contributed by atoms with E-state index in [1.807, 2.05) is 31.2 Å². The number of carbonyl (C=O) groups is 2. The summed E-state index contributed by atoms with van der Waals surface area (Å²) in [5, 5.41) is 3.32. The zero-order valence-corrected chi connectivity index (χ0v) is 14.9. The highest BCUT2D eigenvalue weighted by molar-refractivity contribution is 6.30. The van der Waals surface area contributed by atoms with E-state index in [4.69, 9.17) is 21.1 Å². The molecule has 0 spiro atoms. The molecule has 1 N–H and O–H groups in total. The van der Waals surface area contributed by atoms with E-state index in [1.165, 1.54) is 0 Å². The third-order valence-corrected chi connectivity index (χ3v) is 3.73. The molecule has 0 heterocycles. The molecule has 5 nitrogen and oxygen atoms in total. The van der Waals surface area contributed by atoms with Crippen molar-refractivity contribution in [2.45, 2.75) is 26.4 Å². The summed E-state index contributed by atoms with van der Waals surface area (Å²) in [5.41, 5.74) is 1.73. The summed E-state index contributed by atoms with van der Waals surface area (Å²) < 4.78 is 10.5. The highest BCUT2D eigenvalue weighted by atomic mass is 35.5. The number of benzene rings is 2. The number of amides is 1. The normalized spacial score (nSPS) is 11.5. The maximum atomic E-state index is 12.0. The number of ether oxygens (including phenoxy) is 2. The molecular weight excluding hydrogens is 342 g/mol. The molecule has 2 aromatic carbocycles. The van der Waals surface area contributed by atoms with Gasteiger partial charge in [0.25, 0.3) is 5.91 Å². The van der Waals surface area contributed by atoms with Gasteiger partial charge in [0, 0.05) is 10.7 Å². The summed E-state index contributed by atoms with van der Waals surface area (Å²) in [5.74, 6) is -0.517. The summed E-state index contributed by atoms with van der Waals surface area (Å²) >= 11 is 5.79. The van der Waals surface area contributed by atoms with Crippen molar-refractivity contribution in [2.75, 3.05) is 11.9 Å². The summed E-state index contributed by atoms with van der Waals surface area (Å²) in [4.78, 5) is 23.9. The minimum Gasteiger partial charge on any atom is -0.479 e. The highest BCUT2D eigenvalue weighted by Crippen LogP contribution is 2.17. The molecule has 6 heteroatoms. The van der Waals surface area contributed by atoms with Crippen LogP contribution in [-0.2, 0) is 20.7 Å². The number of nitrogens with one attached hydrogen (secondary N) is 1. The molecule has 2 rings (SSSR count). The molecule has 2 aromatic rings. The Morgan fingerprint density at radius 1 is 1.12 bits per heavy atom. The van der Waals surface area contributed by atoms with Crippen molar-refractivity contribution in [3.05, 3.63) is 59.1 Å². The molecule has 0 saturated heterocycles. The number of hydrogen-bond acceptors (Lipinski definition) is 4. The fourth-order valence-corrected chi connectivity index (χ4v) is 2.28. The minimum atomic E-state index is -0.836. The number of para-hydroxylation sites is 1. The summed E-state index contributed by atoms with van der Waals surface area (Å²) in [7, 11) is 0. The molecule has 0 aromatic heterocycles. The second kappa shape index (κ2) is 9.08. The van der Waals surface area contributed by atoms with Crippen LogP contribution in [0.15, 0.2) is 48.5 Å². The van der Waals surface area contributed by atoms with E-state index >= 15 is 0 Å². The maximum absolute atomic E-state index is 12.0. The third kappa shape index (κ3) is 5.80. The number of anilines is 1. The van der Waals surface area contributed by atoms with E-state index < -0.39 is 18.0 Å². The topological polar surface area (TPSA) is 64.6 Å². The predicted octanol–water partition coefficient (Wildman–Crippen LogP) is 3.85. The van der Waals surface area contributed by atoms with Gasteiger partial charge in [0.1, 0.15) is 5.75 Å². The molecule has 1 atom stereocenters. The molecule has 1 amide bonds. The maximum Gasteiger partial charge on any atom is 0.347 e. The van der Waals surface area contributed by atoms with Crippen molar-refractivity contribution in [3.63, 3.8) is 0 Å². The van der Waals surface area contributed by atoms with E-state index in [0.29, 0.717) is 10.8 Å². The average Bonchev–Trinajstić information content (AvgIpc) is 2.62. The zero-order chi connectivity index (χ0) is 18.2. The Hall–Kier alpha value is -2.53. The van der Waals surface area contributed by atoms with Gasteiger partial charge in [-0.25, -0.2) is 4.79 Å². The molecule has 0 unspecified atom stereocenters. The van der Waals surface area contributed by atoms with E-state index in [1.54, 1.807) is 31.2 Å². The lowest BCUT2D eigenvalue weighted by Gasteiger charge is -2.14. The Balaban J connectivity index is 1.82. The first kappa shape index (κ1) is 18.8. The first-order valence-electron chi connectivity index (χ1n) is 7.96. The Morgan fingerprint density at radius 3 is 2.48 bits per heavy atom. The van der Waals surface area contributed by atoms with Gasteiger partial charge in [0.05, 0.1) is 0 Å². The van der Waals surface area contributed by atoms with Gasteiger partial charge in [-0.05, 0) is 49.2 Å². The van der Waals surface area contributed by atoms with Gasteiger partial charge in [-0.2, -0.15) is 0 Å². The number of rotatable bonds is 7. The van der Waals surface area contributed by atoms with Crippen LogP contribution in [0.1, 0.15) is 19.4 Å². The molecule has 0 aliphatic heterocycles. The first-order chi connectivity index (χ1) is 12.0. The Bertz CT molecular complexity index is 730. The molecule has 0 radical (unpaired) electrons. The van der Waals surface area contributed by atoms with Crippen molar-refractivity contribution in [3.8, 4) is 5.75 Å². The fraction of sp³-hybridized carbons (Fsp3) is 0.263. The van der Waals surface area contributed by atoms with Crippen LogP contribution in [0.2, 0.25) is 5.02 Å². The van der Waals surface area contributed by atoms with E-state index in [2.05, 4.69) is 5.32 Å². The standard InChI is InChI=1S/C19H20ClNO4/c1-3-14-6-4-5-7-17(14)21-18(22)12-24-19(23)13(2)25-16-10-8-15(20)9-11-16/h4-11,13H,3,12H2,1-2H3,(H,21,22)/t13-/m0/s1. The van der Waals surface area contributed by atoms with Gasteiger partial charge in [0.2, 0.25) is 0 Å². The van der Waals surface area contributed by atoms with Gasteiger partial charge < -0.3 is 14.8 Å². The van der Waals surface area contributed by atoms with Crippen LogP contribution in [0.25, 0.3) is 0 Å². The monoisotopic (exact) mass is 361 g/mol. The highest BCUT2D eigenvalue weighted by Gasteiger charge is 2.18. The van der Waals surface area contributed by atoms with Crippen LogP contribution in [-0.4, -0.2) is 24.6 Å². The van der Waals surface area contributed by atoms with Gasteiger partial charge in [-0.1, -0.05) is 36.7 Å². The second-order valence-electron chi connectivity index (χ2n) is 5.38. The Morgan fingerprint density at radius 2 is 1.80 bits per heavy atom. The van der Waals surface area contributed by atoms with Gasteiger partial charge in [-0.15, -0.1) is 0 Å².